The van der Waals surface area contributed by atoms with Crippen LogP contribution in [0.2, 0.25) is 0 Å². The smallest absolute Gasteiger partial charge is 0.317 e. The summed E-state index contributed by atoms with van der Waals surface area (Å²) in [6.45, 7) is 2.32. The zero-order valence-electron chi connectivity index (χ0n) is 15.7. The summed E-state index contributed by atoms with van der Waals surface area (Å²) in [6.07, 6.45) is 14.3. The molecule has 1 saturated heterocycles. The second kappa shape index (κ2) is 8.23. The van der Waals surface area contributed by atoms with Crippen molar-refractivity contribution in [2.45, 2.75) is 76.0 Å². The van der Waals surface area contributed by atoms with Crippen LogP contribution in [0.3, 0.4) is 0 Å². The lowest BCUT2D eigenvalue weighted by molar-refractivity contribution is 0.178. The van der Waals surface area contributed by atoms with Crippen molar-refractivity contribution < 1.29 is 4.79 Å². The summed E-state index contributed by atoms with van der Waals surface area (Å²) in [6, 6.07) is 0.0712. The average molecular weight is 358 g/mol. The predicted molar refractivity (Wildman–Crippen MR) is 101 cm³/mol. The molecular weight excluding hydrogens is 326 g/mol. The van der Waals surface area contributed by atoms with Crippen LogP contribution in [0.25, 0.3) is 0 Å². The first kappa shape index (κ1) is 17.6. The van der Waals surface area contributed by atoms with Gasteiger partial charge in [0.05, 0.1) is 0 Å². The summed E-state index contributed by atoms with van der Waals surface area (Å²) in [5.41, 5.74) is 1.52. The van der Waals surface area contributed by atoms with Crippen molar-refractivity contribution in [3.05, 3.63) is 23.3 Å². The van der Waals surface area contributed by atoms with E-state index in [1.165, 1.54) is 50.5 Å². The molecule has 1 saturated carbocycles. The average Bonchev–Trinajstić information content (AvgIpc) is 3.45. The fraction of sp³-hybridized carbons (Fsp3) is 0.750. The largest absolute Gasteiger partial charge is 0.338 e. The molecule has 0 bridgehead atoms. The number of aromatic nitrogens is 3. The Labute approximate surface area is 155 Å². The number of likely N-dealkylation sites (tertiary alicyclic amines) is 1. The SMILES string of the molecule is O=C(NCCC1=CCCCCC1)N1CCCC(c2n[nH]c(C3CC3)n2)C1. The van der Waals surface area contributed by atoms with Crippen molar-refractivity contribution >= 4 is 6.03 Å². The summed E-state index contributed by atoms with van der Waals surface area (Å²) in [5, 5.41) is 10.6. The topological polar surface area (TPSA) is 73.9 Å². The molecule has 1 aliphatic heterocycles. The highest BCUT2D eigenvalue weighted by Crippen LogP contribution is 2.38. The van der Waals surface area contributed by atoms with Gasteiger partial charge in [-0.1, -0.05) is 18.1 Å². The highest BCUT2D eigenvalue weighted by atomic mass is 16.2. The van der Waals surface area contributed by atoms with Crippen molar-refractivity contribution in [3.63, 3.8) is 0 Å². The molecule has 0 spiro atoms. The molecule has 0 aromatic carbocycles. The van der Waals surface area contributed by atoms with Gasteiger partial charge in [-0.05, 0) is 57.8 Å². The Morgan fingerprint density at radius 1 is 1.19 bits per heavy atom. The van der Waals surface area contributed by atoms with Gasteiger partial charge in [-0.2, -0.15) is 5.10 Å². The third-order valence-electron chi connectivity index (χ3n) is 5.92. The maximum absolute atomic E-state index is 12.6. The van der Waals surface area contributed by atoms with E-state index in [2.05, 4.69) is 26.6 Å². The van der Waals surface area contributed by atoms with E-state index in [9.17, 15) is 4.79 Å². The first-order chi connectivity index (χ1) is 12.8. The fourth-order valence-corrected chi connectivity index (χ4v) is 4.13. The molecule has 3 aliphatic rings. The Bertz CT molecular complexity index is 648. The summed E-state index contributed by atoms with van der Waals surface area (Å²) in [7, 11) is 0. The summed E-state index contributed by atoms with van der Waals surface area (Å²) in [5.74, 6) is 2.80. The molecule has 1 aromatic heterocycles. The molecule has 2 heterocycles. The van der Waals surface area contributed by atoms with Crippen LogP contribution in [0, 0.1) is 0 Å². The lowest BCUT2D eigenvalue weighted by atomic mass is 9.97. The zero-order chi connectivity index (χ0) is 17.8. The predicted octanol–water partition coefficient (Wildman–Crippen LogP) is 3.85. The van der Waals surface area contributed by atoms with E-state index in [-0.39, 0.29) is 11.9 Å². The van der Waals surface area contributed by atoms with Crippen LogP contribution in [0.15, 0.2) is 11.6 Å². The number of urea groups is 1. The van der Waals surface area contributed by atoms with E-state index in [1.54, 1.807) is 0 Å². The van der Waals surface area contributed by atoms with Crippen molar-refractivity contribution in [1.29, 1.82) is 0 Å². The van der Waals surface area contributed by atoms with Crippen LogP contribution in [-0.2, 0) is 0 Å². The number of allylic oxidation sites excluding steroid dienone is 1. The number of nitrogens with one attached hydrogen (secondary N) is 2. The molecule has 142 valence electrons. The summed E-state index contributed by atoms with van der Waals surface area (Å²) < 4.78 is 0. The fourth-order valence-electron chi connectivity index (χ4n) is 4.13. The Hall–Kier alpha value is -1.85. The van der Waals surface area contributed by atoms with Gasteiger partial charge >= 0.3 is 6.03 Å². The molecule has 2 fully saturated rings. The minimum absolute atomic E-state index is 0.0712. The summed E-state index contributed by atoms with van der Waals surface area (Å²) in [4.78, 5) is 19.2. The zero-order valence-corrected chi connectivity index (χ0v) is 15.7. The van der Waals surface area contributed by atoms with Crippen molar-refractivity contribution in [2.75, 3.05) is 19.6 Å². The molecule has 0 radical (unpaired) electrons. The van der Waals surface area contributed by atoms with Gasteiger partial charge in [-0.3, -0.25) is 5.10 Å². The number of hydrogen-bond acceptors (Lipinski definition) is 3. The van der Waals surface area contributed by atoms with Crippen LogP contribution < -0.4 is 5.32 Å². The van der Waals surface area contributed by atoms with E-state index in [0.29, 0.717) is 5.92 Å². The molecular formula is C20H31N5O. The van der Waals surface area contributed by atoms with Crippen LogP contribution in [0.1, 0.15) is 87.7 Å². The molecule has 4 rings (SSSR count). The normalized spacial score (nSPS) is 24.1. The van der Waals surface area contributed by atoms with Gasteiger partial charge in [-0.25, -0.2) is 9.78 Å². The molecule has 1 unspecified atom stereocenters. The second-order valence-electron chi connectivity index (χ2n) is 8.08. The number of rotatable bonds is 5. The van der Waals surface area contributed by atoms with Gasteiger partial charge in [0.25, 0.3) is 0 Å². The van der Waals surface area contributed by atoms with E-state index in [4.69, 9.17) is 0 Å². The first-order valence-electron chi connectivity index (χ1n) is 10.4. The third-order valence-corrected chi connectivity index (χ3v) is 5.92. The molecule has 2 amide bonds. The van der Waals surface area contributed by atoms with Crippen LogP contribution in [-0.4, -0.2) is 45.7 Å². The minimum Gasteiger partial charge on any atom is -0.338 e. The van der Waals surface area contributed by atoms with E-state index >= 15 is 0 Å². The number of nitrogens with zero attached hydrogens (tertiary/aromatic N) is 3. The third kappa shape index (κ3) is 4.46. The molecule has 6 nitrogen and oxygen atoms in total. The van der Waals surface area contributed by atoms with E-state index < -0.39 is 0 Å². The maximum atomic E-state index is 12.6. The number of piperidine rings is 1. The number of H-pyrrole nitrogens is 1. The number of hydrogen-bond donors (Lipinski definition) is 2. The van der Waals surface area contributed by atoms with Gasteiger partial charge in [0.2, 0.25) is 0 Å². The van der Waals surface area contributed by atoms with Gasteiger partial charge in [0.15, 0.2) is 5.82 Å². The monoisotopic (exact) mass is 357 g/mol. The number of aromatic amines is 1. The minimum atomic E-state index is 0.0712. The van der Waals surface area contributed by atoms with E-state index in [0.717, 1.165) is 50.5 Å². The lowest BCUT2D eigenvalue weighted by Gasteiger charge is -2.31. The Morgan fingerprint density at radius 3 is 3.00 bits per heavy atom. The van der Waals surface area contributed by atoms with Gasteiger partial charge < -0.3 is 10.2 Å². The second-order valence-corrected chi connectivity index (χ2v) is 8.08. The van der Waals surface area contributed by atoms with Gasteiger partial charge in [-0.15, -0.1) is 0 Å². The Morgan fingerprint density at radius 2 is 2.12 bits per heavy atom. The van der Waals surface area contributed by atoms with Gasteiger partial charge in [0.1, 0.15) is 5.82 Å². The maximum Gasteiger partial charge on any atom is 0.317 e. The highest BCUT2D eigenvalue weighted by Gasteiger charge is 2.31. The molecule has 1 atom stereocenters. The number of carbonyl (C=O) groups is 1. The summed E-state index contributed by atoms with van der Waals surface area (Å²) >= 11 is 0. The van der Waals surface area contributed by atoms with Crippen molar-refractivity contribution in [2.24, 2.45) is 0 Å². The van der Waals surface area contributed by atoms with Crippen LogP contribution >= 0.6 is 0 Å². The molecule has 26 heavy (non-hydrogen) atoms. The Kier molecular flexibility index (Phi) is 5.56. The van der Waals surface area contributed by atoms with E-state index in [1.807, 2.05) is 4.90 Å². The van der Waals surface area contributed by atoms with Crippen molar-refractivity contribution in [1.82, 2.24) is 25.4 Å². The van der Waals surface area contributed by atoms with Gasteiger partial charge in [0, 0.05) is 31.5 Å². The Balaban J connectivity index is 1.25. The number of carbonyl (C=O) groups excluding carboxylic acids is 1. The van der Waals surface area contributed by atoms with Crippen LogP contribution in [0.4, 0.5) is 4.79 Å². The van der Waals surface area contributed by atoms with Crippen molar-refractivity contribution in [3.8, 4) is 0 Å². The standard InChI is InChI=1S/C20H31N5O/c26-20(21-12-11-15-6-3-1-2-4-7-15)25-13-5-8-17(14-25)19-22-18(23-24-19)16-9-10-16/h6,16-17H,1-5,7-14H2,(H,21,26)(H,22,23,24). The molecule has 2 N–H and O–H groups in total. The van der Waals surface area contributed by atoms with Crippen LogP contribution in [0.5, 0.6) is 0 Å². The highest BCUT2D eigenvalue weighted by molar-refractivity contribution is 5.74. The molecule has 2 aliphatic carbocycles. The first-order valence-corrected chi connectivity index (χ1v) is 10.4. The quantitative estimate of drug-likeness (QED) is 0.786. The molecule has 1 aromatic rings. The molecule has 6 heteroatoms. The lowest BCUT2D eigenvalue weighted by Crippen LogP contribution is -2.45. The number of amides is 2.